The molecule has 0 aliphatic carbocycles. The molecule has 1 N–H and O–H groups in total. The monoisotopic (exact) mass is 337 g/mol. The van der Waals surface area contributed by atoms with Gasteiger partial charge in [-0.3, -0.25) is 14.5 Å². The Hall–Kier alpha value is -1.80. The third kappa shape index (κ3) is 2.52. The van der Waals surface area contributed by atoms with Gasteiger partial charge in [-0.1, -0.05) is 6.07 Å². The first-order chi connectivity index (χ1) is 10.5. The van der Waals surface area contributed by atoms with E-state index >= 15 is 0 Å². The fourth-order valence-corrected chi connectivity index (χ4v) is 4.55. The maximum Gasteiger partial charge on any atom is 0.253 e. The topological polar surface area (TPSA) is 89.5 Å². The lowest BCUT2D eigenvalue weighted by Crippen LogP contribution is -2.71. The molecule has 2 amide bonds. The number of carbonyl (C=O) groups excluding carboxylic acids is 3. The zero-order valence-electron chi connectivity index (χ0n) is 11.7. The fraction of sp³-hybridized carbons (Fsp3) is 0.357. The number of amides is 2. The van der Waals surface area contributed by atoms with Crippen LogP contribution in [0.25, 0.3) is 0 Å². The van der Waals surface area contributed by atoms with Crippen LogP contribution in [0.4, 0.5) is 0 Å². The van der Waals surface area contributed by atoms with E-state index in [2.05, 4.69) is 5.32 Å². The number of fused-ring (bicyclic) bond motifs is 1. The molecule has 0 bridgehead atoms. The first-order valence-electron chi connectivity index (χ1n) is 6.66. The van der Waals surface area contributed by atoms with E-state index in [9.17, 15) is 19.5 Å². The summed E-state index contributed by atoms with van der Waals surface area (Å²) >= 11 is 2.93. The number of carboxylic acid groups (broad SMARTS) is 1. The molecule has 0 radical (unpaired) electrons. The van der Waals surface area contributed by atoms with Crippen molar-refractivity contribution in [3.63, 3.8) is 0 Å². The second-order valence-electron chi connectivity index (χ2n) is 5.13. The van der Waals surface area contributed by atoms with Gasteiger partial charge >= 0.3 is 0 Å². The lowest BCUT2D eigenvalue weighted by molar-refractivity contribution is -0.301. The number of hydrogen-bond acceptors (Lipinski definition) is 6. The van der Waals surface area contributed by atoms with Crippen LogP contribution in [0.5, 0.6) is 0 Å². The Morgan fingerprint density at radius 1 is 1.50 bits per heavy atom. The van der Waals surface area contributed by atoms with Crippen molar-refractivity contribution >= 4 is 40.9 Å². The standard InChI is InChI=1S/C14H14N2O4S2/c1-7-6-22-13-10(12(18)16(13)11(7)14(19)20)15-9(17)5-8-3-2-4-21-8/h2-4,10,13H,5-6H2,1H3,(H,15,17)(H,19,20)/p-1/t10-,13-/m1/s1. The summed E-state index contributed by atoms with van der Waals surface area (Å²) in [7, 11) is 0. The molecular weight excluding hydrogens is 324 g/mol. The van der Waals surface area contributed by atoms with Crippen molar-refractivity contribution in [3.05, 3.63) is 33.7 Å². The van der Waals surface area contributed by atoms with Gasteiger partial charge in [-0.25, -0.2) is 0 Å². The quantitative estimate of drug-likeness (QED) is 0.763. The number of carbonyl (C=O) groups is 3. The number of thioether (sulfide) groups is 1. The van der Waals surface area contributed by atoms with Crippen LogP contribution in [-0.2, 0) is 20.8 Å². The van der Waals surface area contributed by atoms with Crippen molar-refractivity contribution in [1.82, 2.24) is 10.2 Å². The molecule has 1 saturated heterocycles. The van der Waals surface area contributed by atoms with E-state index in [0.29, 0.717) is 11.3 Å². The molecule has 1 aromatic rings. The Labute approximate surface area is 135 Å². The maximum absolute atomic E-state index is 12.2. The summed E-state index contributed by atoms with van der Waals surface area (Å²) in [6.07, 6.45) is 0.223. The predicted octanol–water partition coefficient (Wildman–Crippen LogP) is -0.286. The Morgan fingerprint density at radius 3 is 2.91 bits per heavy atom. The average Bonchev–Trinajstić information content (AvgIpc) is 2.97. The van der Waals surface area contributed by atoms with Gasteiger partial charge in [0.05, 0.1) is 18.1 Å². The molecule has 22 heavy (non-hydrogen) atoms. The highest BCUT2D eigenvalue weighted by Gasteiger charge is 2.52. The fourth-order valence-electron chi connectivity index (χ4n) is 2.56. The highest BCUT2D eigenvalue weighted by Crippen LogP contribution is 2.39. The van der Waals surface area contributed by atoms with Gasteiger partial charge in [0, 0.05) is 10.6 Å². The SMILES string of the molecule is CC1=C(C(=O)[O-])N2C(=O)[C@@H](NC(=O)Cc3cccs3)[C@H]2SC1. The highest BCUT2D eigenvalue weighted by atomic mass is 32.2. The molecule has 8 heteroatoms. The van der Waals surface area contributed by atoms with Crippen molar-refractivity contribution < 1.29 is 19.5 Å². The first-order valence-corrected chi connectivity index (χ1v) is 8.59. The number of nitrogens with zero attached hydrogens (tertiary/aromatic N) is 1. The molecule has 116 valence electrons. The van der Waals surface area contributed by atoms with Crippen LogP contribution >= 0.6 is 23.1 Å². The molecule has 0 spiro atoms. The summed E-state index contributed by atoms with van der Waals surface area (Å²) < 4.78 is 0. The van der Waals surface area contributed by atoms with E-state index < -0.39 is 17.9 Å². The molecule has 0 aromatic carbocycles. The van der Waals surface area contributed by atoms with Crippen LogP contribution in [0.15, 0.2) is 28.8 Å². The van der Waals surface area contributed by atoms with E-state index in [1.54, 1.807) is 6.92 Å². The van der Waals surface area contributed by atoms with Crippen molar-refractivity contribution in [2.24, 2.45) is 0 Å². The third-order valence-corrected chi connectivity index (χ3v) is 5.88. The van der Waals surface area contributed by atoms with E-state index in [-0.39, 0.29) is 23.4 Å². The number of thiophene rings is 1. The second-order valence-corrected chi connectivity index (χ2v) is 7.26. The van der Waals surface area contributed by atoms with Gasteiger partial charge in [0.2, 0.25) is 5.91 Å². The van der Waals surface area contributed by atoms with Crippen molar-refractivity contribution in [2.45, 2.75) is 24.8 Å². The number of carboxylic acids is 1. The Morgan fingerprint density at radius 2 is 2.27 bits per heavy atom. The number of nitrogens with one attached hydrogen (secondary N) is 1. The first kappa shape index (κ1) is 15.1. The molecule has 2 atom stereocenters. The molecule has 6 nitrogen and oxygen atoms in total. The average molecular weight is 337 g/mol. The van der Waals surface area contributed by atoms with Gasteiger partial charge in [-0.05, 0) is 23.9 Å². The summed E-state index contributed by atoms with van der Waals surface area (Å²) in [4.78, 5) is 37.5. The van der Waals surface area contributed by atoms with Gasteiger partial charge in [0.25, 0.3) is 5.91 Å². The molecule has 3 rings (SSSR count). The molecule has 0 saturated carbocycles. The number of β-lactam (4-membered cyclic amide) rings is 1. The van der Waals surface area contributed by atoms with Gasteiger partial charge < -0.3 is 15.2 Å². The highest BCUT2D eigenvalue weighted by molar-refractivity contribution is 8.00. The lowest BCUT2D eigenvalue weighted by Gasteiger charge is -2.50. The van der Waals surface area contributed by atoms with E-state index in [1.165, 1.54) is 28.0 Å². The van der Waals surface area contributed by atoms with Crippen molar-refractivity contribution in [3.8, 4) is 0 Å². The number of aliphatic carboxylic acids is 1. The Bertz CT molecular complexity index is 668. The van der Waals surface area contributed by atoms with E-state index in [1.807, 2.05) is 17.5 Å². The summed E-state index contributed by atoms with van der Waals surface area (Å²) in [6.45, 7) is 1.67. The normalized spacial score (nSPS) is 23.9. The van der Waals surface area contributed by atoms with Crippen LogP contribution in [-0.4, -0.2) is 39.9 Å². The Balaban J connectivity index is 1.68. The zero-order valence-corrected chi connectivity index (χ0v) is 13.3. The minimum Gasteiger partial charge on any atom is -0.543 e. The molecule has 3 heterocycles. The molecule has 2 aliphatic rings. The van der Waals surface area contributed by atoms with Crippen LogP contribution in [0.1, 0.15) is 11.8 Å². The van der Waals surface area contributed by atoms with Crippen LogP contribution in [0.3, 0.4) is 0 Å². The number of rotatable bonds is 4. The van der Waals surface area contributed by atoms with Gasteiger partial charge in [0.15, 0.2) is 0 Å². The van der Waals surface area contributed by atoms with Gasteiger partial charge in [-0.2, -0.15) is 0 Å². The third-order valence-electron chi connectivity index (χ3n) is 3.58. The van der Waals surface area contributed by atoms with Crippen LogP contribution in [0.2, 0.25) is 0 Å². The lowest BCUT2D eigenvalue weighted by atomic mass is 10.0. The molecule has 1 aromatic heterocycles. The van der Waals surface area contributed by atoms with E-state index in [0.717, 1.165) is 4.88 Å². The molecule has 1 fully saturated rings. The van der Waals surface area contributed by atoms with Crippen LogP contribution < -0.4 is 10.4 Å². The summed E-state index contributed by atoms with van der Waals surface area (Å²) in [5.74, 6) is -1.47. The minimum atomic E-state index is -1.35. The van der Waals surface area contributed by atoms with Gasteiger partial charge in [0.1, 0.15) is 11.4 Å². The summed E-state index contributed by atoms with van der Waals surface area (Å²) in [5, 5.41) is 15.4. The summed E-state index contributed by atoms with van der Waals surface area (Å²) in [6, 6.07) is 3.05. The maximum atomic E-state index is 12.2. The zero-order chi connectivity index (χ0) is 15.9. The molecule has 0 unspecified atom stereocenters. The summed E-state index contributed by atoms with van der Waals surface area (Å²) in [5.41, 5.74) is 0.551. The van der Waals surface area contributed by atoms with Crippen LogP contribution in [0, 0.1) is 0 Å². The van der Waals surface area contributed by atoms with Crippen molar-refractivity contribution in [2.75, 3.05) is 5.75 Å². The predicted molar refractivity (Wildman–Crippen MR) is 80.8 cm³/mol. The number of hydrogen-bond donors (Lipinski definition) is 1. The molecule has 2 aliphatic heterocycles. The van der Waals surface area contributed by atoms with Gasteiger partial charge in [-0.15, -0.1) is 23.1 Å². The smallest absolute Gasteiger partial charge is 0.253 e. The largest absolute Gasteiger partial charge is 0.543 e. The second kappa shape index (κ2) is 5.77. The minimum absolute atomic E-state index is 0.0579. The van der Waals surface area contributed by atoms with E-state index in [4.69, 9.17) is 0 Å². The molecular formula is C14H13N2O4S2-. The van der Waals surface area contributed by atoms with Crippen molar-refractivity contribution in [1.29, 1.82) is 0 Å². The Kier molecular flexibility index (Phi) is 3.96.